The summed E-state index contributed by atoms with van der Waals surface area (Å²) >= 11 is 5.10. The summed E-state index contributed by atoms with van der Waals surface area (Å²) in [5.41, 5.74) is 7.52. The van der Waals surface area contributed by atoms with Crippen LogP contribution in [0.25, 0.3) is 0 Å². The molecule has 3 N–H and O–H groups in total. The normalized spacial score (nSPS) is 11.1. The van der Waals surface area contributed by atoms with E-state index in [1.165, 1.54) is 0 Å². The van der Waals surface area contributed by atoms with Gasteiger partial charge in [-0.25, -0.2) is 9.98 Å². The number of aliphatic imine (C=N–C) groups is 1. The zero-order valence-electron chi connectivity index (χ0n) is 10.4. The number of amidine groups is 1. The van der Waals surface area contributed by atoms with Crippen molar-refractivity contribution in [1.29, 1.82) is 0 Å². The van der Waals surface area contributed by atoms with Crippen LogP contribution in [0.15, 0.2) is 47.7 Å². The molecule has 0 saturated heterocycles. The van der Waals surface area contributed by atoms with E-state index < -0.39 is 0 Å². The van der Waals surface area contributed by atoms with Crippen LogP contribution in [0.1, 0.15) is 11.3 Å². The summed E-state index contributed by atoms with van der Waals surface area (Å²) in [4.78, 5) is 12.3. The second kappa shape index (κ2) is 6.01. The Hall–Kier alpha value is -2.34. The molecule has 0 aliphatic rings. The molecule has 19 heavy (non-hydrogen) atoms. The topological polar surface area (TPSA) is 76.2 Å². The summed E-state index contributed by atoms with van der Waals surface area (Å²) in [6.45, 7) is 1.96. The van der Waals surface area contributed by atoms with Crippen LogP contribution in [0.2, 0.25) is 0 Å². The fourth-order valence-electron chi connectivity index (χ4n) is 1.42. The van der Waals surface area contributed by atoms with Crippen LogP contribution in [-0.2, 0) is 0 Å². The molecule has 0 spiro atoms. The van der Waals surface area contributed by atoms with Gasteiger partial charge in [-0.05, 0) is 49.0 Å². The lowest BCUT2D eigenvalue weighted by Gasteiger charge is -2.04. The first-order valence-corrected chi connectivity index (χ1v) is 6.05. The molecule has 0 unspecified atom stereocenters. The van der Waals surface area contributed by atoms with Crippen molar-refractivity contribution in [2.45, 2.75) is 6.92 Å². The average Bonchev–Trinajstić information content (AvgIpc) is 2.39. The van der Waals surface area contributed by atoms with Crippen LogP contribution in [-0.4, -0.2) is 20.9 Å². The van der Waals surface area contributed by atoms with E-state index in [-0.39, 0.29) is 10.9 Å². The number of thiocarbonyl (C=S) groups is 1. The Morgan fingerprint density at radius 2 is 2.11 bits per heavy atom. The van der Waals surface area contributed by atoms with Gasteiger partial charge in [0.05, 0.1) is 0 Å². The monoisotopic (exact) mass is 271 g/mol. The summed E-state index contributed by atoms with van der Waals surface area (Å²) in [5.74, 6) is 0.901. The minimum absolute atomic E-state index is 0.250. The van der Waals surface area contributed by atoms with Crippen LogP contribution in [0.3, 0.4) is 0 Å². The highest BCUT2D eigenvalue weighted by Crippen LogP contribution is 2.03. The maximum Gasteiger partial charge on any atom is 0.200 e. The van der Waals surface area contributed by atoms with Crippen molar-refractivity contribution in [2.75, 3.05) is 5.32 Å². The van der Waals surface area contributed by atoms with Gasteiger partial charge in [-0.1, -0.05) is 6.07 Å². The van der Waals surface area contributed by atoms with Gasteiger partial charge in [-0.3, -0.25) is 4.98 Å². The van der Waals surface area contributed by atoms with E-state index in [2.05, 4.69) is 20.3 Å². The first-order valence-electron chi connectivity index (χ1n) is 5.64. The molecule has 0 aliphatic heterocycles. The number of nitrogens with zero attached hydrogens (tertiary/aromatic N) is 3. The first kappa shape index (κ1) is 13.1. The van der Waals surface area contributed by atoms with E-state index in [1.807, 2.05) is 31.2 Å². The van der Waals surface area contributed by atoms with Gasteiger partial charge in [0.15, 0.2) is 10.9 Å². The van der Waals surface area contributed by atoms with Gasteiger partial charge < -0.3 is 11.1 Å². The van der Waals surface area contributed by atoms with Gasteiger partial charge in [-0.2, -0.15) is 0 Å². The molecule has 6 heteroatoms. The van der Waals surface area contributed by atoms with Crippen LogP contribution in [0.5, 0.6) is 0 Å². The molecule has 0 fully saturated rings. The number of hydrogen-bond acceptors (Lipinski definition) is 3. The number of aromatic nitrogens is 2. The highest BCUT2D eigenvalue weighted by molar-refractivity contribution is 7.80. The number of rotatable bonds is 2. The maximum atomic E-state index is 5.86. The van der Waals surface area contributed by atoms with Crippen LogP contribution in [0.4, 0.5) is 5.82 Å². The van der Waals surface area contributed by atoms with E-state index in [0.29, 0.717) is 11.5 Å². The fraction of sp³-hybridized carbons (Fsp3) is 0.0769. The molecule has 0 amide bonds. The lowest BCUT2D eigenvalue weighted by Crippen LogP contribution is -2.19. The van der Waals surface area contributed by atoms with Crippen molar-refractivity contribution >= 4 is 29.0 Å². The Kier molecular flexibility index (Phi) is 4.15. The second-order valence-corrected chi connectivity index (χ2v) is 4.25. The molecule has 0 atom stereocenters. The van der Waals surface area contributed by atoms with E-state index in [1.54, 1.807) is 18.5 Å². The van der Waals surface area contributed by atoms with E-state index in [0.717, 1.165) is 5.56 Å². The maximum absolute atomic E-state index is 5.86. The Bertz CT molecular complexity index is 609. The Labute approximate surface area is 116 Å². The second-order valence-electron chi connectivity index (χ2n) is 3.86. The third-order valence-corrected chi connectivity index (χ3v) is 2.49. The summed E-state index contributed by atoms with van der Waals surface area (Å²) in [7, 11) is 0. The Morgan fingerprint density at radius 3 is 2.79 bits per heavy atom. The average molecular weight is 271 g/mol. The summed E-state index contributed by atoms with van der Waals surface area (Å²) in [6, 6.07) is 9.21. The first-order chi connectivity index (χ1) is 9.15. The Morgan fingerprint density at radius 1 is 1.26 bits per heavy atom. The zero-order valence-corrected chi connectivity index (χ0v) is 11.2. The molecular formula is C13H13N5S. The summed E-state index contributed by atoms with van der Waals surface area (Å²) in [5, 5.41) is 3.13. The largest absolute Gasteiger partial charge is 0.382 e. The lowest BCUT2D eigenvalue weighted by atomic mass is 10.2. The number of nitrogens with two attached hydrogens (primary N) is 1. The van der Waals surface area contributed by atoms with Gasteiger partial charge in [0, 0.05) is 12.4 Å². The van der Waals surface area contributed by atoms with Gasteiger partial charge >= 0.3 is 0 Å². The predicted molar refractivity (Wildman–Crippen MR) is 80.2 cm³/mol. The van der Waals surface area contributed by atoms with Gasteiger partial charge in [0.25, 0.3) is 0 Å². The smallest absolute Gasteiger partial charge is 0.200 e. The van der Waals surface area contributed by atoms with E-state index in [4.69, 9.17) is 18.0 Å². The standard InChI is InChI=1S/C13H13N5S/c1-9-5-7-15-10(8-9)12(14)18-13(19)17-11-4-2-3-6-16-11/h2-8H,1H3,(H3,14,16,17,18,19). The highest BCUT2D eigenvalue weighted by Gasteiger charge is 2.02. The van der Waals surface area contributed by atoms with Crippen LogP contribution in [0, 0.1) is 6.92 Å². The molecule has 2 aromatic heterocycles. The van der Waals surface area contributed by atoms with Crippen molar-refractivity contribution in [3.8, 4) is 0 Å². The molecule has 0 aliphatic carbocycles. The predicted octanol–water partition coefficient (Wildman–Crippen LogP) is 1.89. The number of pyridine rings is 2. The lowest BCUT2D eigenvalue weighted by molar-refractivity contribution is 1.24. The third-order valence-electron chi connectivity index (χ3n) is 2.30. The third kappa shape index (κ3) is 3.82. The zero-order chi connectivity index (χ0) is 13.7. The number of anilines is 1. The summed E-state index contributed by atoms with van der Waals surface area (Å²) < 4.78 is 0. The van der Waals surface area contributed by atoms with Gasteiger partial charge in [0.1, 0.15) is 11.5 Å². The van der Waals surface area contributed by atoms with Crippen molar-refractivity contribution in [2.24, 2.45) is 10.7 Å². The molecule has 2 heterocycles. The number of nitrogens with one attached hydrogen (secondary N) is 1. The van der Waals surface area contributed by atoms with Gasteiger partial charge in [-0.15, -0.1) is 0 Å². The van der Waals surface area contributed by atoms with Crippen molar-refractivity contribution < 1.29 is 0 Å². The molecule has 0 bridgehead atoms. The minimum Gasteiger partial charge on any atom is -0.382 e. The molecular weight excluding hydrogens is 258 g/mol. The molecule has 0 radical (unpaired) electrons. The molecule has 2 rings (SSSR count). The van der Waals surface area contributed by atoms with E-state index in [9.17, 15) is 0 Å². The molecule has 0 saturated carbocycles. The SMILES string of the molecule is Cc1ccnc(C(N)=NC(=S)Nc2ccccn2)c1. The number of aryl methyl sites for hydroxylation is 1. The fourth-order valence-corrected chi connectivity index (χ4v) is 1.62. The van der Waals surface area contributed by atoms with Gasteiger partial charge in [0.2, 0.25) is 0 Å². The molecule has 2 aromatic rings. The molecule has 0 aromatic carbocycles. The minimum atomic E-state index is 0.250. The highest BCUT2D eigenvalue weighted by atomic mass is 32.1. The molecule has 96 valence electrons. The van der Waals surface area contributed by atoms with Crippen molar-refractivity contribution in [3.63, 3.8) is 0 Å². The Balaban J connectivity index is 2.10. The van der Waals surface area contributed by atoms with Crippen LogP contribution >= 0.6 is 12.2 Å². The molecule has 5 nitrogen and oxygen atoms in total. The summed E-state index contributed by atoms with van der Waals surface area (Å²) in [6.07, 6.45) is 3.35. The van der Waals surface area contributed by atoms with Crippen molar-refractivity contribution in [1.82, 2.24) is 9.97 Å². The quantitative estimate of drug-likeness (QED) is 0.495. The van der Waals surface area contributed by atoms with Crippen LogP contribution < -0.4 is 11.1 Å². The number of hydrogen-bond donors (Lipinski definition) is 2. The van der Waals surface area contributed by atoms with Crippen molar-refractivity contribution in [3.05, 3.63) is 54.0 Å². The van der Waals surface area contributed by atoms with E-state index >= 15 is 0 Å².